The second kappa shape index (κ2) is 6.75. The normalized spacial score (nSPS) is 16.6. The Morgan fingerprint density at radius 2 is 1.94 bits per heavy atom. The van der Waals surface area contributed by atoms with E-state index >= 15 is 0 Å². The van der Waals surface area contributed by atoms with Gasteiger partial charge in [-0.2, -0.15) is 0 Å². The third-order valence-electron chi connectivity index (χ3n) is 2.97. The van der Waals surface area contributed by atoms with E-state index < -0.39 is 7.12 Å². The number of hydrogen-bond donors (Lipinski definition) is 2. The Bertz CT molecular complexity index is 369. The molecule has 1 aromatic carbocycles. The number of para-hydroxylation sites is 1. The molecule has 5 nitrogen and oxygen atoms in total. The van der Waals surface area contributed by atoms with Crippen LogP contribution in [0.1, 0.15) is 0 Å². The fraction of sp³-hybridized carbons (Fsp3) is 0.500. The van der Waals surface area contributed by atoms with E-state index in [-0.39, 0.29) is 0 Å². The molecule has 1 aromatic rings. The zero-order valence-corrected chi connectivity index (χ0v) is 10.3. The molecule has 0 amide bonds. The molecule has 0 unspecified atom stereocenters. The lowest BCUT2D eigenvalue weighted by Gasteiger charge is -2.26. The van der Waals surface area contributed by atoms with Crippen LogP contribution >= 0.6 is 0 Å². The Hall–Kier alpha value is -1.08. The van der Waals surface area contributed by atoms with Crippen molar-refractivity contribution in [3.05, 3.63) is 24.3 Å². The van der Waals surface area contributed by atoms with Crippen LogP contribution in [0, 0.1) is 0 Å². The maximum absolute atomic E-state index is 9.20. The highest BCUT2D eigenvalue weighted by Crippen LogP contribution is 2.07. The van der Waals surface area contributed by atoms with Crippen LogP contribution in [-0.4, -0.2) is 61.5 Å². The molecule has 6 heteroatoms. The van der Waals surface area contributed by atoms with Crippen LogP contribution in [0.5, 0.6) is 5.75 Å². The minimum absolute atomic E-state index is 0.402. The lowest BCUT2D eigenvalue weighted by molar-refractivity contribution is 0.0323. The highest BCUT2D eigenvalue weighted by molar-refractivity contribution is 6.59. The quantitative estimate of drug-likeness (QED) is 0.662. The molecule has 0 aliphatic carbocycles. The first-order chi connectivity index (χ1) is 8.77. The largest absolute Gasteiger partial charge is 0.493 e. The Kier molecular flexibility index (Phi) is 5.01. The number of nitrogens with zero attached hydrogens (tertiary/aromatic N) is 1. The first kappa shape index (κ1) is 13.4. The molecule has 0 spiro atoms. The lowest BCUT2D eigenvalue weighted by atomic mass is 9.79. The van der Waals surface area contributed by atoms with E-state index in [1.54, 1.807) is 18.2 Å². The van der Waals surface area contributed by atoms with Crippen molar-refractivity contribution in [3.8, 4) is 5.75 Å². The molecule has 1 fully saturated rings. The van der Waals surface area contributed by atoms with Crippen LogP contribution in [0.15, 0.2) is 24.3 Å². The van der Waals surface area contributed by atoms with E-state index in [4.69, 9.17) is 9.47 Å². The predicted molar refractivity (Wildman–Crippen MR) is 69.0 cm³/mol. The van der Waals surface area contributed by atoms with Gasteiger partial charge in [0.25, 0.3) is 0 Å². The standard InChI is InChI=1S/C12H18BNO4/c15-13(16)11-3-1-2-4-12(11)18-10-7-14-5-8-17-9-6-14/h1-4,15-16H,5-10H2. The molecule has 18 heavy (non-hydrogen) atoms. The number of rotatable bonds is 5. The summed E-state index contributed by atoms with van der Waals surface area (Å²) >= 11 is 0. The van der Waals surface area contributed by atoms with Gasteiger partial charge in [-0.3, -0.25) is 4.90 Å². The van der Waals surface area contributed by atoms with Crippen molar-refractivity contribution in [2.75, 3.05) is 39.5 Å². The van der Waals surface area contributed by atoms with Gasteiger partial charge in [0.15, 0.2) is 0 Å². The van der Waals surface area contributed by atoms with Crippen molar-refractivity contribution < 1.29 is 19.5 Å². The average Bonchev–Trinajstić information content (AvgIpc) is 2.40. The van der Waals surface area contributed by atoms with Gasteiger partial charge in [0.1, 0.15) is 12.4 Å². The van der Waals surface area contributed by atoms with Gasteiger partial charge in [0, 0.05) is 25.1 Å². The monoisotopic (exact) mass is 251 g/mol. The summed E-state index contributed by atoms with van der Waals surface area (Å²) in [5, 5.41) is 18.4. The summed E-state index contributed by atoms with van der Waals surface area (Å²) in [6.07, 6.45) is 0. The fourth-order valence-electron chi connectivity index (χ4n) is 1.93. The Morgan fingerprint density at radius 3 is 2.67 bits per heavy atom. The summed E-state index contributed by atoms with van der Waals surface area (Å²) in [5.74, 6) is 0.528. The van der Waals surface area contributed by atoms with Crippen molar-refractivity contribution >= 4 is 12.6 Å². The molecule has 1 aliphatic rings. The van der Waals surface area contributed by atoms with Crippen LogP contribution in [0.4, 0.5) is 0 Å². The van der Waals surface area contributed by atoms with Crippen molar-refractivity contribution in [2.24, 2.45) is 0 Å². The van der Waals surface area contributed by atoms with Crippen molar-refractivity contribution in [1.82, 2.24) is 4.90 Å². The highest BCUT2D eigenvalue weighted by atomic mass is 16.5. The zero-order chi connectivity index (χ0) is 12.8. The molecule has 0 bridgehead atoms. The number of benzene rings is 1. The van der Waals surface area contributed by atoms with Crippen LogP contribution in [0.25, 0.3) is 0 Å². The van der Waals surface area contributed by atoms with E-state index in [1.807, 2.05) is 6.07 Å². The summed E-state index contributed by atoms with van der Waals surface area (Å²) in [5.41, 5.74) is 0.402. The second-order valence-electron chi connectivity index (χ2n) is 4.21. The van der Waals surface area contributed by atoms with E-state index in [2.05, 4.69) is 4.90 Å². The molecule has 1 saturated heterocycles. The SMILES string of the molecule is OB(O)c1ccccc1OCCN1CCOCC1. The van der Waals surface area contributed by atoms with Crippen LogP contribution < -0.4 is 10.2 Å². The van der Waals surface area contributed by atoms with Crippen LogP contribution in [0.3, 0.4) is 0 Å². The molecular weight excluding hydrogens is 233 g/mol. The minimum atomic E-state index is -1.50. The summed E-state index contributed by atoms with van der Waals surface area (Å²) in [4.78, 5) is 2.27. The molecule has 0 radical (unpaired) electrons. The van der Waals surface area contributed by atoms with Gasteiger partial charge < -0.3 is 19.5 Å². The van der Waals surface area contributed by atoms with E-state index in [9.17, 15) is 10.0 Å². The van der Waals surface area contributed by atoms with Crippen molar-refractivity contribution in [3.63, 3.8) is 0 Å². The molecular formula is C12H18BNO4. The Labute approximate surface area is 107 Å². The van der Waals surface area contributed by atoms with Gasteiger partial charge in [-0.15, -0.1) is 0 Å². The minimum Gasteiger partial charge on any atom is -0.493 e. The van der Waals surface area contributed by atoms with Crippen LogP contribution in [-0.2, 0) is 4.74 Å². The number of hydrogen-bond acceptors (Lipinski definition) is 5. The zero-order valence-electron chi connectivity index (χ0n) is 10.3. The van der Waals surface area contributed by atoms with Gasteiger partial charge in [0.05, 0.1) is 13.2 Å². The molecule has 98 valence electrons. The smallest absolute Gasteiger partial charge is 0.492 e. The third-order valence-corrected chi connectivity index (χ3v) is 2.97. The van der Waals surface area contributed by atoms with Gasteiger partial charge in [-0.05, 0) is 6.07 Å². The first-order valence-corrected chi connectivity index (χ1v) is 6.15. The molecule has 0 aromatic heterocycles. The van der Waals surface area contributed by atoms with Gasteiger partial charge >= 0.3 is 7.12 Å². The van der Waals surface area contributed by atoms with Gasteiger partial charge in [0.2, 0.25) is 0 Å². The molecule has 0 saturated carbocycles. The Balaban J connectivity index is 1.82. The average molecular weight is 251 g/mol. The number of morpholine rings is 1. The fourth-order valence-corrected chi connectivity index (χ4v) is 1.93. The third kappa shape index (κ3) is 3.71. The Morgan fingerprint density at radius 1 is 1.22 bits per heavy atom. The second-order valence-corrected chi connectivity index (χ2v) is 4.21. The summed E-state index contributed by atoms with van der Waals surface area (Å²) in [6, 6.07) is 6.96. The van der Waals surface area contributed by atoms with E-state index in [0.717, 1.165) is 32.8 Å². The topological polar surface area (TPSA) is 62.2 Å². The van der Waals surface area contributed by atoms with Crippen molar-refractivity contribution in [1.29, 1.82) is 0 Å². The molecule has 1 heterocycles. The first-order valence-electron chi connectivity index (χ1n) is 6.15. The summed E-state index contributed by atoms with van der Waals surface area (Å²) in [7, 11) is -1.50. The van der Waals surface area contributed by atoms with Crippen molar-refractivity contribution in [2.45, 2.75) is 0 Å². The highest BCUT2D eigenvalue weighted by Gasteiger charge is 2.16. The van der Waals surface area contributed by atoms with E-state index in [1.165, 1.54) is 0 Å². The maximum Gasteiger partial charge on any atom is 0.492 e. The summed E-state index contributed by atoms with van der Waals surface area (Å²) in [6.45, 7) is 4.74. The molecule has 2 N–H and O–H groups in total. The molecule has 2 rings (SSSR count). The molecule has 1 aliphatic heterocycles. The lowest BCUT2D eigenvalue weighted by Crippen LogP contribution is -2.39. The van der Waals surface area contributed by atoms with Crippen LogP contribution in [0.2, 0.25) is 0 Å². The van der Waals surface area contributed by atoms with Gasteiger partial charge in [-0.25, -0.2) is 0 Å². The maximum atomic E-state index is 9.20. The number of ether oxygens (including phenoxy) is 2. The van der Waals surface area contributed by atoms with Gasteiger partial charge in [-0.1, -0.05) is 18.2 Å². The summed E-state index contributed by atoms with van der Waals surface area (Å²) < 4.78 is 10.9. The van der Waals surface area contributed by atoms with E-state index in [0.29, 0.717) is 17.8 Å². The molecule has 0 atom stereocenters. The predicted octanol–water partition coefficient (Wildman–Crippen LogP) is -0.923.